The van der Waals surface area contributed by atoms with Gasteiger partial charge in [-0.1, -0.05) is 19.1 Å². The van der Waals surface area contributed by atoms with E-state index in [0.29, 0.717) is 5.92 Å². The number of hydrogen-bond donors (Lipinski definition) is 1. The molecule has 0 aliphatic heterocycles. The van der Waals surface area contributed by atoms with Crippen LogP contribution in [-0.2, 0) is 0 Å². The second kappa shape index (κ2) is 4.19. The fraction of sp³-hybridized carbons (Fsp3) is 0.467. The summed E-state index contributed by atoms with van der Waals surface area (Å²) in [6, 6.07) is 9.73. The van der Waals surface area contributed by atoms with E-state index in [1.54, 1.807) is 0 Å². The number of fused-ring (bicyclic) bond motifs is 1. The van der Waals surface area contributed by atoms with E-state index in [9.17, 15) is 0 Å². The van der Waals surface area contributed by atoms with Crippen molar-refractivity contribution >= 4 is 10.9 Å². The van der Waals surface area contributed by atoms with E-state index >= 15 is 0 Å². The van der Waals surface area contributed by atoms with Crippen molar-refractivity contribution in [1.29, 1.82) is 0 Å². The number of rotatable bonds is 3. The molecule has 1 aliphatic carbocycles. The van der Waals surface area contributed by atoms with Crippen LogP contribution in [0.5, 0.6) is 0 Å². The summed E-state index contributed by atoms with van der Waals surface area (Å²) in [7, 11) is 0. The third-order valence-electron chi connectivity index (χ3n) is 4.14. The van der Waals surface area contributed by atoms with E-state index in [2.05, 4.69) is 42.0 Å². The van der Waals surface area contributed by atoms with Gasteiger partial charge in [0, 0.05) is 17.8 Å². The third-order valence-corrected chi connectivity index (χ3v) is 4.14. The monoisotopic (exact) mass is 228 g/mol. The van der Waals surface area contributed by atoms with Gasteiger partial charge < -0.3 is 10.3 Å². The Labute approximate surface area is 102 Å². The first-order valence-electron chi connectivity index (χ1n) is 6.60. The topological polar surface area (TPSA) is 30.9 Å². The van der Waals surface area contributed by atoms with E-state index in [4.69, 9.17) is 5.73 Å². The molecule has 1 aromatic heterocycles. The number of aromatic nitrogens is 1. The number of hydrogen-bond acceptors (Lipinski definition) is 1. The van der Waals surface area contributed by atoms with Gasteiger partial charge in [0.1, 0.15) is 0 Å². The first kappa shape index (κ1) is 10.8. The van der Waals surface area contributed by atoms with Crippen LogP contribution < -0.4 is 5.73 Å². The van der Waals surface area contributed by atoms with Crippen molar-refractivity contribution in [1.82, 2.24) is 4.57 Å². The average molecular weight is 228 g/mol. The highest BCUT2D eigenvalue weighted by molar-refractivity contribution is 5.81. The molecule has 90 valence electrons. The molecule has 2 nitrogen and oxygen atoms in total. The fourth-order valence-electron chi connectivity index (χ4n) is 2.59. The van der Waals surface area contributed by atoms with Crippen molar-refractivity contribution < 1.29 is 0 Å². The summed E-state index contributed by atoms with van der Waals surface area (Å²) in [5.74, 6) is 0.448. The zero-order valence-corrected chi connectivity index (χ0v) is 10.4. The van der Waals surface area contributed by atoms with Crippen molar-refractivity contribution in [3.8, 4) is 0 Å². The van der Waals surface area contributed by atoms with Crippen molar-refractivity contribution in [2.24, 2.45) is 5.73 Å². The van der Waals surface area contributed by atoms with Crippen LogP contribution in [0, 0.1) is 0 Å². The zero-order chi connectivity index (χ0) is 11.8. The Morgan fingerprint density at radius 3 is 2.82 bits per heavy atom. The molecular weight excluding hydrogens is 208 g/mol. The van der Waals surface area contributed by atoms with Gasteiger partial charge in [0.05, 0.1) is 0 Å². The molecule has 0 saturated heterocycles. The summed E-state index contributed by atoms with van der Waals surface area (Å²) in [5.41, 5.74) is 8.49. The Bertz CT molecular complexity index is 523. The summed E-state index contributed by atoms with van der Waals surface area (Å²) in [5, 5.41) is 1.35. The predicted molar refractivity (Wildman–Crippen MR) is 72.3 cm³/mol. The van der Waals surface area contributed by atoms with Crippen LogP contribution in [-0.4, -0.2) is 11.1 Å². The van der Waals surface area contributed by atoms with Gasteiger partial charge in [-0.05, 0) is 54.8 Å². The molecule has 1 saturated carbocycles. The molecule has 3 rings (SSSR count). The van der Waals surface area contributed by atoms with E-state index in [0.717, 1.165) is 12.6 Å². The molecule has 1 atom stereocenters. The highest BCUT2D eigenvalue weighted by Crippen LogP contribution is 2.35. The van der Waals surface area contributed by atoms with Crippen LogP contribution in [0.1, 0.15) is 43.7 Å². The molecule has 2 aromatic rings. The maximum absolute atomic E-state index is 5.75. The lowest BCUT2D eigenvalue weighted by molar-refractivity contribution is 0.321. The van der Waals surface area contributed by atoms with E-state index in [1.165, 1.54) is 35.7 Å². The van der Waals surface area contributed by atoms with Gasteiger partial charge in [-0.15, -0.1) is 0 Å². The zero-order valence-electron chi connectivity index (χ0n) is 10.4. The van der Waals surface area contributed by atoms with Crippen LogP contribution in [0.25, 0.3) is 10.9 Å². The van der Waals surface area contributed by atoms with Gasteiger partial charge in [-0.3, -0.25) is 0 Å². The third kappa shape index (κ3) is 1.77. The second-order valence-electron chi connectivity index (χ2n) is 5.26. The molecule has 0 radical (unpaired) electrons. The first-order valence-corrected chi connectivity index (χ1v) is 6.60. The normalized spacial score (nSPS) is 18.2. The molecular formula is C15H20N2. The highest BCUT2D eigenvalue weighted by atomic mass is 15.0. The Kier molecular flexibility index (Phi) is 2.67. The Hall–Kier alpha value is -1.28. The minimum Gasteiger partial charge on any atom is -0.344 e. The van der Waals surface area contributed by atoms with E-state index in [1.807, 2.05) is 0 Å². The number of nitrogens with two attached hydrogens (primary N) is 1. The molecule has 1 heterocycles. The Balaban J connectivity index is 2.05. The molecule has 0 amide bonds. The summed E-state index contributed by atoms with van der Waals surface area (Å²) >= 11 is 0. The Morgan fingerprint density at radius 2 is 2.18 bits per heavy atom. The number of benzene rings is 1. The maximum atomic E-state index is 5.75. The summed E-state index contributed by atoms with van der Waals surface area (Å²) in [6.45, 7) is 2.91. The quantitative estimate of drug-likeness (QED) is 0.857. The smallest absolute Gasteiger partial charge is 0.0485 e. The molecule has 0 bridgehead atoms. The summed E-state index contributed by atoms with van der Waals surface area (Å²) in [6.07, 6.45) is 6.29. The van der Waals surface area contributed by atoms with Crippen molar-refractivity contribution in [2.75, 3.05) is 6.54 Å². The number of nitrogens with zero attached hydrogens (tertiary/aromatic N) is 1. The van der Waals surface area contributed by atoms with E-state index < -0.39 is 0 Å². The maximum Gasteiger partial charge on any atom is 0.0485 e. The predicted octanol–water partition coefficient (Wildman–Crippen LogP) is 3.43. The largest absolute Gasteiger partial charge is 0.344 e. The standard InChI is InChI=1S/C15H20N2/c1-11(10-16)13-6-5-12-7-8-17(15(12)9-13)14-3-2-4-14/h5-9,11,14H,2-4,10,16H2,1H3. The van der Waals surface area contributed by atoms with Crippen LogP contribution in [0.4, 0.5) is 0 Å². The highest BCUT2D eigenvalue weighted by Gasteiger charge is 2.20. The van der Waals surface area contributed by atoms with Gasteiger partial charge in [0.2, 0.25) is 0 Å². The molecule has 2 N–H and O–H groups in total. The SMILES string of the molecule is CC(CN)c1ccc2ccn(C3CCC3)c2c1. The van der Waals surface area contributed by atoms with Gasteiger partial charge >= 0.3 is 0 Å². The lowest BCUT2D eigenvalue weighted by Gasteiger charge is -2.28. The van der Waals surface area contributed by atoms with Crippen molar-refractivity contribution in [2.45, 2.75) is 38.1 Å². The van der Waals surface area contributed by atoms with Crippen molar-refractivity contribution in [3.05, 3.63) is 36.0 Å². The Morgan fingerprint density at radius 1 is 1.35 bits per heavy atom. The minimum absolute atomic E-state index is 0.448. The van der Waals surface area contributed by atoms with Gasteiger partial charge in [-0.2, -0.15) is 0 Å². The lowest BCUT2D eigenvalue weighted by atomic mass is 9.92. The minimum atomic E-state index is 0.448. The summed E-state index contributed by atoms with van der Waals surface area (Å²) < 4.78 is 2.45. The van der Waals surface area contributed by atoms with Gasteiger partial charge in [0.15, 0.2) is 0 Å². The molecule has 17 heavy (non-hydrogen) atoms. The van der Waals surface area contributed by atoms with Crippen molar-refractivity contribution in [3.63, 3.8) is 0 Å². The molecule has 1 aromatic carbocycles. The molecule has 1 fully saturated rings. The molecule has 0 spiro atoms. The molecule has 1 aliphatic rings. The second-order valence-corrected chi connectivity index (χ2v) is 5.26. The van der Waals surface area contributed by atoms with E-state index in [-0.39, 0.29) is 0 Å². The van der Waals surface area contributed by atoms with Crippen LogP contribution >= 0.6 is 0 Å². The molecule has 2 heteroatoms. The van der Waals surface area contributed by atoms with Crippen LogP contribution in [0.2, 0.25) is 0 Å². The van der Waals surface area contributed by atoms with Gasteiger partial charge in [-0.25, -0.2) is 0 Å². The molecule has 1 unspecified atom stereocenters. The average Bonchev–Trinajstić information content (AvgIpc) is 2.69. The van der Waals surface area contributed by atoms with Gasteiger partial charge in [0.25, 0.3) is 0 Å². The first-order chi connectivity index (χ1) is 8.29. The fourth-order valence-corrected chi connectivity index (χ4v) is 2.59. The summed E-state index contributed by atoms with van der Waals surface area (Å²) in [4.78, 5) is 0. The van der Waals surface area contributed by atoms with Crippen LogP contribution in [0.3, 0.4) is 0 Å². The lowest BCUT2D eigenvalue weighted by Crippen LogP contribution is -2.16. The van der Waals surface area contributed by atoms with Crippen LogP contribution in [0.15, 0.2) is 30.5 Å².